The molecule has 21 heavy (non-hydrogen) atoms. The van der Waals surface area contributed by atoms with Gasteiger partial charge >= 0.3 is 5.97 Å². The Balaban J connectivity index is 2.01. The predicted molar refractivity (Wildman–Crippen MR) is 79.2 cm³/mol. The standard InChI is InChI=1S/C14H14N2O4S/c1-3-19-13(18)12-9(2)15-14(21-12)16-11(17)7-6-10-5-4-8-20-10/h4-8H,3H2,1-2H3,(H,15,16,17)/b7-6+. The van der Waals surface area contributed by atoms with Crippen LogP contribution >= 0.6 is 11.3 Å². The summed E-state index contributed by atoms with van der Waals surface area (Å²) in [6.07, 6.45) is 4.40. The van der Waals surface area contributed by atoms with Crippen molar-refractivity contribution < 1.29 is 18.7 Å². The highest BCUT2D eigenvalue weighted by atomic mass is 32.1. The molecule has 6 nitrogen and oxygen atoms in total. The number of anilines is 1. The first-order chi connectivity index (χ1) is 10.1. The number of furan rings is 1. The molecule has 2 aromatic heterocycles. The van der Waals surface area contributed by atoms with Gasteiger partial charge in [0.25, 0.3) is 0 Å². The van der Waals surface area contributed by atoms with Crippen molar-refractivity contribution in [3.8, 4) is 0 Å². The van der Waals surface area contributed by atoms with Crippen LogP contribution in [0.5, 0.6) is 0 Å². The molecule has 0 unspecified atom stereocenters. The van der Waals surface area contributed by atoms with Gasteiger partial charge in [-0.25, -0.2) is 9.78 Å². The maximum atomic E-state index is 11.7. The summed E-state index contributed by atoms with van der Waals surface area (Å²) >= 11 is 1.08. The lowest BCUT2D eigenvalue weighted by molar-refractivity contribution is -0.111. The van der Waals surface area contributed by atoms with Crippen molar-refractivity contribution in [1.82, 2.24) is 4.98 Å². The lowest BCUT2D eigenvalue weighted by Crippen LogP contribution is -2.07. The second-order valence-electron chi connectivity index (χ2n) is 3.99. The van der Waals surface area contributed by atoms with E-state index < -0.39 is 5.97 Å². The maximum Gasteiger partial charge on any atom is 0.350 e. The molecule has 110 valence electrons. The normalized spacial score (nSPS) is 10.8. The topological polar surface area (TPSA) is 81.4 Å². The fourth-order valence-corrected chi connectivity index (χ4v) is 2.39. The SMILES string of the molecule is CCOC(=O)c1sc(NC(=O)/C=C/c2ccco2)nc1C. The molecule has 0 aliphatic rings. The fourth-order valence-electron chi connectivity index (χ4n) is 1.53. The van der Waals surface area contributed by atoms with E-state index in [1.165, 1.54) is 12.3 Å². The van der Waals surface area contributed by atoms with Gasteiger partial charge in [0.15, 0.2) is 5.13 Å². The molecule has 0 saturated heterocycles. The Bertz CT molecular complexity index is 659. The Labute approximate surface area is 125 Å². The van der Waals surface area contributed by atoms with Crippen molar-refractivity contribution in [2.45, 2.75) is 13.8 Å². The monoisotopic (exact) mass is 306 g/mol. The molecular formula is C14H14N2O4S. The van der Waals surface area contributed by atoms with Crippen LogP contribution in [-0.4, -0.2) is 23.5 Å². The van der Waals surface area contributed by atoms with E-state index in [1.807, 2.05) is 0 Å². The Morgan fingerprint density at radius 1 is 1.52 bits per heavy atom. The second kappa shape index (κ2) is 6.85. The molecule has 0 fully saturated rings. The Morgan fingerprint density at radius 2 is 2.33 bits per heavy atom. The van der Waals surface area contributed by atoms with Crippen molar-refractivity contribution >= 4 is 34.4 Å². The van der Waals surface area contributed by atoms with E-state index in [4.69, 9.17) is 9.15 Å². The van der Waals surface area contributed by atoms with Crippen LogP contribution in [-0.2, 0) is 9.53 Å². The molecule has 0 aliphatic heterocycles. The van der Waals surface area contributed by atoms with Crippen molar-refractivity contribution in [1.29, 1.82) is 0 Å². The molecule has 0 atom stereocenters. The Hall–Kier alpha value is -2.41. The first-order valence-corrected chi connectivity index (χ1v) is 7.09. The van der Waals surface area contributed by atoms with Gasteiger partial charge in [0.2, 0.25) is 5.91 Å². The largest absolute Gasteiger partial charge is 0.465 e. The number of nitrogens with one attached hydrogen (secondary N) is 1. The van der Waals surface area contributed by atoms with Gasteiger partial charge in [-0.05, 0) is 32.1 Å². The quantitative estimate of drug-likeness (QED) is 0.678. The number of amides is 1. The number of hydrogen-bond acceptors (Lipinski definition) is 6. The molecule has 0 radical (unpaired) electrons. The summed E-state index contributed by atoms with van der Waals surface area (Å²) in [5.41, 5.74) is 0.531. The molecule has 0 bridgehead atoms. The van der Waals surface area contributed by atoms with Gasteiger partial charge in [-0.15, -0.1) is 0 Å². The van der Waals surface area contributed by atoms with Gasteiger partial charge in [0, 0.05) is 6.08 Å². The highest BCUT2D eigenvalue weighted by Gasteiger charge is 2.16. The minimum absolute atomic E-state index is 0.295. The molecular weight excluding hydrogens is 292 g/mol. The predicted octanol–water partition coefficient (Wildman–Crippen LogP) is 2.87. The highest BCUT2D eigenvalue weighted by molar-refractivity contribution is 7.17. The summed E-state index contributed by atoms with van der Waals surface area (Å²) < 4.78 is 9.99. The number of thiazole rings is 1. The van der Waals surface area contributed by atoms with Crippen molar-refractivity contribution in [3.05, 3.63) is 40.8 Å². The summed E-state index contributed by atoms with van der Waals surface area (Å²) in [4.78, 5) is 27.9. The number of carbonyl (C=O) groups is 2. The number of aryl methyl sites for hydroxylation is 1. The number of hydrogen-bond donors (Lipinski definition) is 1. The van der Waals surface area contributed by atoms with Gasteiger partial charge in [0.05, 0.1) is 18.6 Å². The first kappa shape index (κ1) is 15.0. The summed E-state index contributed by atoms with van der Waals surface area (Å²) in [5, 5.41) is 2.95. The maximum absolute atomic E-state index is 11.7. The molecule has 2 rings (SSSR count). The third-order valence-corrected chi connectivity index (χ3v) is 3.48. The van der Waals surface area contributed by atoms with Crippen LogP contribution in [0.3, 0.4) is 0 Å². The van der Waals surface area contributed by atoms with Gasteiger partial charge in [-0.3, -0.25) is 10.1 Å². The van der Waals surface area contributed by atoms with Crippen LogP contribution < -0.4 is 5.32 Å². The van der Waals surface area contributed by atoms with Crippen LogP contribution in [0.25, 0.3) is 6.08 Å². The van der Waals surface area contributed by atoms with E-state index in [1.54, 1.807) is 32.1 Å². The molecule has 0 aliphatic carbocycles. The third-order valence-electron chi connectivity index (χ3n) is 2.43. The van der Waals surface area contributed by atoms with Gasteiger partial charge in [0.1, 0.15) is 10.6 Å². The van der Waals surface area contributed by atoms with Gasteiger partial charge in [-0.1, -0.05) is 11.3 Å². The molecule has 7 heteroatoms. The second-order valence-corrected chi connectivity index (χ2v) is 4.99. The molecule has 1 amide bonds. The van der Waals surface area contributed by atoms with Crippen LogP contribution in [0.1, 0.15) is 28.0 Å². The van der Waals surface area contributed by atoms with E-state index in [9.17, 15) is 9.59 Å². The molecule has 2 aromatic rings. The number of rotatable bonds is 5. The van der Waals surface area contributed by atoms with Crippen molar-refractivity contribution in [2.75, 3.05) is 11.9 Å². The fraction of sp³-hybridized carbons (Fsp3) is 0.214. The average molecular weight is 306 g/mol. The lowest BCUT2D eigenvalue weighted by Gasteiger charge is -1.97. The first-order valence-electron chi connectivity index (χ1n) is 6.27. The molecule has 0 aromatic carbocycles. The zero-order valence-corrected chi connectivity index (χ0v) is 12.4. The van der Waals surface area contributed by atoms with E-state index in [0.717, 1.165) is 11.3 Å². The third kappa shape index (κ3) is 4.03. The Morgan fingerprint density at radius 3 is 3.00 bits per heavy atom. The molecule has 2 heterocycles. The molecule has 1 N–H and O–H groups in total. The minimum atomic E-state index is -0.431. The molecule has 0 spiro atoms. The number of ether oxygens (including phenoxy) is 1. The van der Waals surface area contributed by atoms with Gasteiger partial charge < -0.3 is 9.15 Å². The Kier molecular flexibility index (Phi) is 4.89. The average Bonchev–Trinajstić information content (AvgIpc) is 3.06. The molecule has 0 saturated carbocycles. The van der Waals surface area contributed by atoms with E-state index in [0.29, 0.717) is 28.1 Å². The number of aromatic nitrogens is 1. The van der Waals surface area contributed by atoms with Crippen LogP contribution in [0.15, 0.2) is 28.9 Å². The smallest absolute Gasteiger partial charge is 0.350 e. The van der Waals surface area contributed by atoms with E-state index in [-0.39, 0.29) is 5.91 Å². The zero-order chi connectivity index (χ0) is 15.2. The van der Waals surface area contributed by atoms with Crippen molar-refractivity contribution in [2.24, 2.45) is 0 Å². The zero-order valence-electron chi connectivity index (χ0n) is 11.6. The minimum Gasteiger partial charge on any atom is -0.465 e. The van der Waals surface area contributed by atoms with E-state index >= 15 is 0 Å². The number of carbonyl (C=O) groups excluding carboxylic acids is 2. The van der Waals surface area contributed by atoms with Crippen molar-refractivity contribution in [3.63, 3.8) is 0 Å². The summed E-state index contributed by atoms with van der Waals surface area (Å²) in [5.74, 6) is -0.206. The van der Waals surface area contributed by atoms with E-state index in [2.05, 4.69) is 10.3 Å². The van der Waals surface area contributed by atoms with Crippen LogP contribution in [0.2, 0.25) is 0 Å². The lowest BCUT2D eigenvalue weighted by atomic mass is 10.4. The highest BCUT2D eigenvalue weighted by Crippen LogP contribution is 2.23. The number of esters is 1. The van der Waals surface area contributed by atoms with Gasteiger partial charge in [-0.2, -0.15) is 0 Å². The number of nitrogens with zero attached hydrogens (tertiary/aromatic N) is 1. The summed E-state index contributed by atoms with van der Waals surface area (Å²) in [6, 6.07) is 3.46. The van der Waals surface area contributed by atoms with Crippen LogP contribution in [0, 0.1) is 6.92 Å². The summed E-state index contributed by atoms with van der Waals surface area (Å²) in [7, 11) is 0. The van der Waals surface area contributed by atoms with Crippen LogP contribution in [0.4, 0.5) is 5.13 Å². The summed E-state index contributed by atoms with van der Waals surface area (Å²) in [6.45, 7) is 3.72.